The molecule has 0 aromatic carbocycles. The van der Waals surface area contributed by atoms with Crippen molar-refractivity contribution >= 4 is 0 Å². The van der Waals surface area contributed by atoms with Crippen LogP contribution in [0.1, 0.15) is 17.5 Å². The van der Waals surface area contributed by atoms with Gasteiger partial charge < -0.3 is 15.3 Å². The number of hydrogen-bond donors (Lipinski definition) is 3. The fourth-order valence-corrected chi connectivity index (χ4v) is 0.787. The molecule has 4 nitrogen and oxygen atoms in total. The summed E-state index contributed by atoms with van der Waals surface area (Å²) in [5.74, 6) is -0.164. The molecule has 0 bridgehead atoms. The number of nitrogens with zero attached hydrogens (tertiary/aromatic N) is 1. The van der Waals surface area contributed by atoms with E-state index in [-0.39, 0.29) is 11.3 Å². The summed E-state index contributed by atoms with van der Waals surface area (Å²) in [5.41, 5.74) is 0.466. The van der Waals surface area contributed by atoms with Crippen LogP contribution in [0.15, 0.2) is 12.3 Å². The van der Waals surface area contributed by atoms with E-state index in [1.807, 2.05) is 0 Å². The number of hydrogen-bond acceptors (Lipinski definition) is 4. The minimum absolute atomic E-state index is 0.0810. The zero-order valence-electron chi connectivity index (χ0n) is 6.02. The SMILES string of the molecule is Cc1nccc(C(O)O)c1O. The summed E-state index contributed by atoms with van der Waals surface area (Å²) in [6, 6.07) is 1.35. The van der Waals surface area contributed by atoms with E-state index in [1.54, 1.807) is 6.92 Å². The van der Waals surface area contributed by atoms with E-state index < -0.39 is 6.29 Å². The van der Waals surface area contributed by atoms with Gasteiger partial charge in [0.15, 0.2) is 6.29 Å². The molecule has 0 aliphatic heterocycles. The predicted octanol–water partition coefficient (Wildman–Crippen LogP) is 0.0788. The van der Waals surface area contributed by atoms with Crippen molar-refractivity contribution in [3.8, 4) is 5.75 Å². The van der Waals surface area contributed by atoms with Crippen LogP contribution in [0.4, 0.5) is 0 Å². The maximum absolute atomic E-state index is 9.19. The van der Waals surface area contributed by atoms with E-state index in [4.69, 9.17) is 10.2 Å². The molecule has 1 aromatic rings. The summed E-state index contributed by atoms with van der Waals surface area (Å²) >= 11 is 0. The van der Waals surface area contributed by atoms with Gasteiger partial charge in [0.2, 0.25) is 0 Å². The Morgan fingerprint density at radius 2 is 2.09 bits per heavy atom. The number of rotatable bonds is 1. The zero-order valence-corrected chi connectivity index (χ0v) is 6.02. The van der Waals surface area contributed by atoms with Gasteiger partial charge in [0, 0.05) is 6.20 Å². The lowest BCUT2D eigenvalue weighted by Crippen LogP contribution is -1.97. The average Bonchev–Trinajstić information content (AvgIpc) is 1.94. The quantitative estimate of drug-likeness (QED) is 0.502. The summed E-state index contributed by atoms with van der Waals surface area (Å²) in [4.78, 5) is 3.75. The summed E-state index contributed by atoms with van der Waals surface area (Å²) in [5, 5.41) is 26.6. The van der Waals surface area contributed by atoms with Crippen LogP contribution in [0.25, 0.3) is 0 Å². The Balaban J connectivity index is 3.17. The van der Waals surface area contributed by atoms with Gasteiger partial charge in [-0.2, -0.15) is 0 Å². The Hall–Kier alpha value is -1.13. The van der Waals surface area contributed by atoms with Crippen molar-refractivity contribution in [2.45, 2.75) is 13.2 Å². The number of pyridine rings is 1. The molecule has 0 atom stereocenters. The smallest absolute Gasteiger partial charge is 0.182 e. The Morgan fingerprint density at radius 3 is 2.55 bits per heavy atom. The van der Waals surface area contributed by atoms with Gasteiger partial charge in [0.1, 0.15) is 5.75 Å². The summed E-state index contributed by atoms with van der Waals surface area (Å²) in [6.45, 7) is 1.58. The Morgan fingerprint density at radius 1 is 1.45 bits per heavy atom. The van der Waals surface area contributed by atoms with Gasteiger partial charge >= 0.3 is 0 Å². The minimum Gasteiger partial charge on any atom is -0.506 e. The molecular weight excluding hydrogens is 146 g/mol. The van der Waals surface area contributed by atoms with Gasteiger partial charge in [0.05, 0.1) is 11.3 Å². The maximum atomic E-state index is 9.19. The molecule has 0 spiro atoms. The van der Waals surface area contributed by atoms with Gasteiger partial charge in [-0.1, -0.05) is 0 Å². The van der Waals surface area contributed by atoms with Gasteiger partial charge in [-0.3, -0.25) is 4.98 Å². The van der Waals surface area contributed by atoms with Crippen molar-refractivity contribution in [1.82, 2.24) is 4.98 Å². The molecule has 0 amide bonds. The fourth-order valence-electron chi connectivity index (χ4n) is 0.787. The van der Waals surface area contributed by atoms with Crippen LogP contribution in [-0.4, -0.2) is 20.3 Å². The number of aromatic nitrogens is 1. The molecule has 1 rings (SSSR count). The molecule has 4 heteroatoms. The lowest BCUT2D eigenvalue weighted by atomic mass is 10.2. The zero-order chi connectivity index (χ0) is 8.43. The fraction of sp³-hybridized carbons (Fsp3) is 0.286. The van der Waals surface area contributed by atoms with Gasteiger partial charge in [-0.25, -0.2) is 0 Å². The number of aromatic hydroxyl groups is 1. The normalized spacial score (nSPS) is 10.5. The van der Waals surface area contributed by atoms with Crippen LogP contribution in [0.2, 0.25) is 0 Å². The summed E-state index contributed by atoms with van der Waals surface area (Å²) in [6.07, 6.45) is -0.235. The number of aliphatic hydroxyl groups is 2. The van der Waals surface area contributed by atoms with Crippen molar-refractivity contribution in [3.05, 3.63) is 23.5 Å². The summed E-state index contributed by atoms with van der Waals surface area (Å²) in [7, 11) is 0. The van der Waals surface area contributed by atoms with E-state index in [9.17, 15) is 5.11 Å². The second-order valence-electron chi connectivity index (χ2n) is 2.21. The van der Waals surface area contributed by atoms with Crippen LogP contribution in [0.3, 0.4) is 0 Å². The van der Waals surface area contributed by atoms with E-state index >= 15 is 0 Å². The third kappa shape index (κ3) is 1.47. The first kappa shape index (κ1) is 7.97. The highest BCUT2D eigenvalue weighted by molar-refractivity contribution is 5.35. The molecule has 0 aliphatic rings. The van der Waals surface area contributed by atoms with Crippen molar-refractivity contribution in [3.63, 3.8) is 0 Å². The van der Waals surface area contributed by atoms with E-state index in [0.717, 1.165) is 0 Å². The number of aryl methyl sites for hydroxylation is 1. The molecule has 1 heterocycles. The first-order valence-electron chi connectivity index (χ1n) is 3.13. The van der Waals surface area contributed by atoms with Gasteiger partial charge in [-0.05, 0) is 13.0 Å². The molecule has 0 saturated carbocycles. The monoisotopic (exact) mass is 155 g/mol. The molecule has 0 aliphatic carbocycles. The molecule has 11 heavy (non-hydrogen) atoms. The van der Waals surface area contributed by atoms with Crippen LogP contribution in [-0.2, 0) is 0 Å². The Labute approximate surface area is 63.8 Å². The molecule has 0 unspecified atom stereocenters. The Kier molecular flexibility index (Phi) is 2.07. The molecule has 1 aromatic heterocycles. The lowest BCUT2D eigenvalue weighted by molar-refractivity contribution is -0.0440. The van der Waals surface area contributed by atoms with Crippen LogP contribution in [0, 0.1) is 6.92 Å². The third-order valence-corrected chi connectivity index (χ3v) is 1.42. The molecule has 60 valence electrons. The van der Waals surface area contributed by atoms with Crippen LogP contribution >= 0.6 is 0 Å². The number of aliphatic hydroxyl groups excluding tert-OH is 1. The average molecular weight is 155 g/mol. The minimum atomic E-state index is -1.64. The highest BCUT2D eigenvalue weighted by atomic mass is 16.5. The second-order valence-corrected chi connectivity index (χ2v) is 2.21. The van der Waals surface area contributed by atoms with E-state index in [1.165, 1.54) is 12.3 Å². The maximum Gasteiger partial charge on any atom is 0.182 e. The van der Waals surface area contributed by atoms with Crippen molar-refractivity contribution < 1.29 is 15.3 Å². The first-order chi connectivity index (χ1) is 5.13. The van der Waals surface area contributed by atoms with Crippen LogP contribution < -0.4 is 0 Å². The topological polar surface area (TPSA) is 73.6 Å². The van der Waals surface area contributed by atoms with E-state index in [0.29, 0.717) is 5.69 Å². The van der Waals surface area contributed by atoms with Crippen molar-refractivity contribution in [1.29, 1.82) is 0 Å². The molecule has 0 saturated heterocycles. The third-order valence-electron chi connectivity index (χ3n) is 1.42. The van der Waals surface area contributed by atoms with Gasteiger partial charge in [-0.15, -0.1) is 0 Å². The van der Waals surface area contributed by atoms with E-state index in [2.05, 4.69) is 4.98 Å². The Bertz CT molecular complexity index is 260. The predicted molar refractivity (Wildman–Crippen MR) is 37.8 cm³/mol. The standard InChI is InChI=1S/C7H9NO3/c1-4-6(9)5(7(10)11)2-3-8-4/h2-3,7,9-11H,1H3. The van der Waals surface area contributed by atoms with Crippen molar-refractivity contribution in [2.24, 2.45) is 0 Å². The molecular formula is C7H9NO3. The van der Waals surface area contributed by atoms with Gasteiger partial charge in [0.25, 0.3) is 0 Å². The summed E-state index contributed by atoms with van der Waals surface area (Å²) < 4.78 is 0. The molecule has 0 fully saturated rings. The highest BCUT2D eigenvalue weighted by Gasteiger charge is 2.09. The second kappa shape index (κ2) is 2.86. The molecule has 0 radical (unpaired) electrons. The highest BCUT2D eigenvalue weighted by Crippen LogP contribution is 2.23. The first-order valence-corrected chi connectivity index (χ1v) is 3.13. The lowest BCUT2D eigenvalue weighted by Gasteiger charge is -2.06. The largest absolute Gasteiger partial charge is 0.506 e. The van der Waals surface area contributed by atoms with Crippen LogP contribution in [0.5, 0.6) is 5.75 Å². The molecule has 3 N–H and O–H groups in total. The van der Waals surface area contributed by atoms with Crippen molar-refractivity contribution in [2.75, 3.05) is 0 Å².